The maximum Gasteiger partial charge on any atom is 0.335 e. The summed E-state index contributed by atoms with van der Waals surface area (Å²) in [4.78, 5) is 24.3. The van der Waals surface area contributed by atoms with Crippen molar-refractivity contribution in [3.05, 3.63) is 91.9 Å². The summed E-state index contributed by atoms with van der Waals surface area (Å²) in [5.74, 6) is -0.262. The minimum absolute atomic E-state index is 0.133. The number of carboxylic acid groups (broad SMARTS) is 1. The fourth-order valence-electron chi connectivity index (χ4n) is 3.60. The molecule has 1 N–H and O–H groups in total. The number of anilines is 1. The first-order chi connectivity index (χ1) is 17.3. The van der Waals surface area contributed by atoms with Crippen molar-refractivity contribution in [3.63, 3.8) is 0 Å². The number of benzene rings is 3. The second kappa shape index (κ2) is 11.1. The van der Waals surface area contributed by atoms with Gasteiger partial charge in [0.15, 0.2) is 11.5 Å². The molecule has 0 atom stereocenters. The molecule has 4 rings (SSSR count). The number of carbonyl (C=O) groups excluding carboxylic acids is 1. The van der Waals surface area contributed by atoms with E-state index in [2.05, 4.69) is 37.0 Å². The molecule has 3 aromatic rings. The number of rotatable bonds is 8. The monoisotopic (exact) mass is 612 g/mol. The highest BCUT2D eigenvalue weighted by atomic mass is 79.9. The van der Waals surface area contributed by atoms with E-state index in [1.54, 1.807) is 25.1 Å². The van der Waals surface area contributed by atoms with Gasteiger partial charge in [0.1, 0.15) is 6.61 Å². The lowest BCUT2D eigenvalue weighted by Crippen LogP contribution is -2.21. The van der Waals surface area contributed by atoms with E-state index < -0.39 is 5.97 Å². The van der Waals surface area contributed by atoms with E-state index in [9.17, 15) is 9.59 Å². The van der Waals surface area contributed by atoms with Crippen molar-refractivity contribution in [1.29, 1.82) is 0 Å². The third kappa shape index (κ3) is 5.37. The zero-order valence-corrected chi connectivity index (χ0v) is 22.7. The van der Waals surface area contributed by atoms with E-state index in [0.717, 1.165) is 5.56 Å². The van der Waals surface area contributed by atoms with Crippen LogP contribution in [0, 0.1) is 0 Å². The number of halogens is 2. The molecule has 3 aromatic carbocycles. The van der Waals surface area contributed by atoms with Gasteiger partial charge in [0, 0.05) is 4.47 Å². The van der Waals surface area contributed by atoms with Crippen LogP contribution in [0.3, 0.4) is 0 Å². The van der Waals surface area contributed by atoms with E-state index in [-0.39, 0.29) is 11.5 Å². The van der Waals surface area contributed by atoms with Gasteiger partial charge in [-0.15, -0.1) is 0 Å². The van der Waals surface area contributed by atoms with Crippen molar-refractivity contribution in [2.45, 2.75) is 20.5 Å². The first-order valence-electron chi connectivity index (χ1n) is 11.1. The molecule has 184 valence electrons. The number of hydrogen-bond acceptors (Lipinski definition) is 5. The SMILES string of the molecule is CCOc1cc(C=C2C(=O)N(c3ccc(C(=O)O)cc3)N=C2C)c(Br)c(Br)c1OCc1ccccc1. The summed E-state index contributed by atoms with van der Waals surface area (Å²) in [6.07, 6.45) is 1.74. The van der Waals surface area contributed by atoms with E-state index >= 15 is 0 Å². The minimum atomic E-state index is -1.04. The molecule has 1 aliphatic rings. The van der Waals surface area contributed by atoms with Crippen molar-refractivity contribution in [1.82, 2.24) is 0 Å². The first kappa shape index (κ1) is 25.7. The molecule has 0 unspecified atom stereocenters. The third-order valence-electron chi connectivity index (χ3n) is 5.40. The topological polar surface area (TPSA) is 88.4 Å². The zero-order valence-electron chi connectivity index (χ0n) is 19.5. The Morgan fingerprint density at radius 3 is 2.39 bits per heavy atom. The molecule has 0 fully saturated rings. The van der Waals surface area contributed by atoms with Crippen LogP contribution < -0.4 is 14.5 Å². The Morgan fingerprint density at radius 1 is 1.06 bits per heavy atom. The number of hydrazone groups is 1. The maximum atomic E-state index is 13.2. The molecule has 36 heavy (non-hydrogen) atoms. The summed E-state index contributed by atoms with van der Waals surface area (Å²) in [6, 6.07) is 17.6. The van der Waals surface area contributed by atoms with Gasteiger partial charge in [-0.25, -0.2) is 4.79 Å². The molecule has 0 saturated heterocycles. The number of ether oxygens (including phenoxy) is 2. The van der Waals surface area contributed by atoms with E-state index in [4.69, 9.17) is 14.6 Å². The number of nitrogens with zero attached hydrogens (tertiary/aromatic N) is 2. The predicted octanol–water partition coefficient (Wildman–Crippen LogP) is 6.69. The summed E-state index contributed by atoms with van der Waals surface area (Å²) in [7, 11) is 0. The molecule has 7 nitrogen and oxygen atoms in total. The van der Waals surface area contributed by atoms with Crippen molar-refractivity contribution in [3.8, 4) is 11.5 Å². The van der Waals surface area contributed by atoms with Crippen molar-refractivity contribution < 1.29 is 24.2 Å². The largest absolute Gasteiger partial charge is 0.490 e. The van der Waals surface area contributed by atoms with Crippen LogP contribution in [0.5, 0.6) is 11.5 Å². The summed E-state index contributed by atoms with van der Waals surface area (Å²) >= 11 is 7.24. The molecule has 1 amide bonds. The highest BCUT2D eigenvalue weighted by molar-refractivity contribution is 9.13. The number of carboxylic acids is 1. The highest BCUT2D eigenvalue weighted by Crippen LogP contribution is 2.44. The average Bonchev–Trinajstić information content (AvgIpc) is 3.16. The molecule has 9 heteroatoms. The van der Waals surface area contributed by atoms with Crippen LogP contribution in [-0.4, -0.2) is 29.3 Å². The smallest absolute Gasteiger partial charge is 0.335 e. The normalized spacial score (nSPS) is 14.2. The number of aromatic carboxylic acids is 1. The lowest BCUT2D eigenvalue weighted by atomic mass is 10.1. The van der Waals surface area contributed by atoms with Crippen molar-refractivity contribution >= 4 is 61.2 Å². The van der Waals surface area contributed by atoms with Gasteiger partial charge in [0.25, 0.3) is 5.91 Å². The van der Waals surface area contributed by atoms with Crippen LogP contribution in [0.25, 0.3) is 6.08 Å². The van der Waals surface area contributed by atoms with Crippen LogP contribution in [0.1, 0.15) is 35.3 Å². The second-order valence-corrected chi connectivity index (χ2v) is 9.43. The Labute approximate surface area is 225 Å². The Balaban J connectivity index is 1.65. The predicted molar refractivity (Wildman–Crippen MR) is 146 cm³/mol. The van der Waals surface area contributed by atoms with Gasteiger partial charge >= 0.3 is 5.97 Å². The van der Waals surface area contributed by atoms with Gasteiger partial charge in [-0.3, -0.25) is 4.79 Å². The lowest BCUT2D eigenvalue weighted by molar-refractivity contribution is -0.114. The second-order valence-electron chi connectivity index (χ2n) is 7.84. The summed E-state index contributed by atoms with van der Waals surface area (Å²) in [5, 5.41) is 14.8. The molecule has 0 spiro atoms. The molecule has 0 aromatic heterocycles. The van der Waals surface area contributed by atoms with Crippen LogP contribution in [-0.2, 0) is 11.4 Å². The fraction of sp³-hybridized carbons (Fsp3) is 0.148. The lowest BCUT2D eigenvalue weighted by Gasteiger charge is -2.17. The van der Waals surface area contributed by atoms with Crippen LogP contribution in [0.2, 0.25) is 0 Å². The van der Waals surface area contributed by atoms with Crippen LogP contribution >= 0.6 is 31.9 Å². The maximum absolute atomic E-state index is 13.2. The van der Waals surface area contributed by atoms with E-state index in [1.807, 2.05) is 43.3 Å². The minimum Gasteiger partial charge on any atom is -0.490 e. The molecule has 0 radical (unpaired) electrons. The van der Waals surface area contributed by atoms with Gasteiger partial charge in [0.2, 0.25) is 0 Å². The Kier molecular flexibility index (Phi) is 7.91. The molecule has 1 heterocycles. The fourth-order valence-corrected chi connectivity index (χ4v) is 4.54. The van der Waals surface area contributed by atoms with Gasteiger partial charge in [-0.1, -0.05) is 30.3 Å². The molecular formula is C27H22Br2N2O5. The quantitative estimate of drug-likeness (QED) is 0.286. The molecule has 1 aliphatic heterocycles. The number of amides is 1. The Bertz CT molecular complexity index is 1370. The number of hydrogen-bond donors (Lipinski definition) is 1. The Hall–Kier alpha value is -3.43. The molecular weight excluding hydrogens is 592 g/mol. The molecule has 0 bridgehead atoms. The zero-order chi connectivity index (χ0) is 25.8. The van der Waals surface area contributed by atoms with Crippen molar-refractivity contribution in [2.24, 2.45) is 5.10 Å². The van der Waals surface area contributed by atoms with Gasteiger partial charge in [-0.2, -0.15) is 10.1 Å². The highest BCUT2D eigenvalue weighted by Gasteiger charge is 2.29. The van der Waals surface area contributed by atoms with Crippen LogP contribution in [0.15, 0.2) is 80.3 Å². The first-order valence-corrected chi connectivity index (χ1v) is 12.6. The molecule has 0 saturated carbocycles. The Morgan fingerprint density at radius 2 is 1.75 bits per heavy atom. The van der Waals surface area contributed by atoms with Crippen molar-refractivity contribution in [2.75, 3.05) is 11.6 Å². The average molecular weight is 614 g/mol. The van der Waals surface area contributed by atoms with Gasteiger partial charge in [-0.05, 0) is 93.2 Å². The summed E-state index contributed by atoms with van der Waals surface area (Å²) < 4.78 is 13.3. The standard InChI is InChI=1S/C27H22Br2N2O5/c1-3-35-22-14-19(23(28)24(29)25(22)36-15-17-7-5-4-6-8-17)13-21-16(2)30-31(26(21)32)20-11-9-18(10-12-20)27(33)34/h4-14H,3,15H2,1-2H3,(H,33,34). The van der Waals surface area contributed by atoms with Crippen LogP contribution in [0.4, 0.5) is 5.69 Å². The van der Waals surface area contributed by atoms with Gasteiger partial charge < -0.3 is 14.6 Å². The van der Waals surface area contributed by atoms with E-state index in [1.165, 1.54) is 17.1 Å². The van der Waals surface area contributed by atoms with E-state index in [0.29, 0.717) is 56.2 Å². The summed E-state index contributed by atoms with van der Waals surface area (Å²) in [5.41, 5.74) is 3.28. The third-order valence-corrected chi connectivity index (χ3v) is 7.55. The number of carbonyl (C=O) groups is 2. The summed E-state index contributed by atoms with van der Waals surface area (Å²) in [6.45, 7) is 4.44. The molecule has 0 aliphatic carbocycles. The van der Waals surface area contributed by atoms with Gasteiger partial charge in [0.05, 0.1) is 33.6 Å².